The van der Waals surface area contributed by atoms with Gasteiger partial charge in [-0.2, -0.15) is 0 Å². The molecule has 0 atom stereocenters. The molecule has 0 spiro atoms. The van der Waals surface area contributed by atoms with Crippen molar-refractivity contribution in [1.82, 2.24) is 4.90 Å². The molecule has 1 rings (SSSR count). The van der Waals surface area contributed by atoms with Crippen LogP contribution in [0.15, 0.2) is 18.2 Å². The Morgan fingerprint density at radius 1 is 1.25 bits per heavy atom. The number of carbonyl (C=O) groups is 2. The number of rotatable bonds is 5. The molecule has 1 amide bonds. The number of aromatic carboxylic acids is 1. The third kappa shape index (κ3) is 4.24. The monoisotopic (exact) mass is 281 g/mol. The second-order valence-electron chi connectivity index (χ2n) is 5.23. The Bertz CT molecular complexity index is 519. The second kappa shape index (κ2) is 5.92. The highest BCUT2D eigenvalue weighted by Crippen LogP contribution is 2.19. The minimum Gasteiger partial charge on any atom is -0.497 e. The molecule has 0 aliphatic heterocycles. The maximum atomic E-state index is 12.2. The van der Waals surface area contributed by atoms with Crippen LogP contribution in [-0.4, -0.2) is 53.3 Å². The average Bonchev–Trinajstić information content (AvgIpc) is 2.35. The van der Waals surface area contributed by atoms with Gasteiger partial charge in [-0.25, -0.2) is 4.79 Å². The number of hydrogen-bond acceptors (Lipinski definition) is 4. The van der Waals surface area contributed by atoms with Gasteiger partial charge in [0.25, 0.3) is 5.91 Å². The second-order valence-corrected chi connectivity index (χ2v) is 5.23. The Balaban J connectivity index is 3.09. The number of carbonyl (C=O) groups excluding carboxylic acids is 1. The van der Waals surface area contributed by atoms with Crippen LogP contribution >= 0.6 is 0 Å². The Morgan fingerprint density at radius 3 is 2.25 bits per heavy atom. The SMILES string of the molecule is COc1cc(C(=O)O)cc(C(=O)N(C)CC(C)(C)O)c1. The van der Waals surface area contributed by atoms with Crippen LogP contribution < -0.4 is 4.74 Å². The van der Waals surface area contributed by atoms with Gasteiger partial charge in [-0.05, 0) is 32.0 Å². The lowest BCUT2D eigenvalue weighted by molar-refractivity contribution is 0.0367. The fraction of sp³-hybridized carbons (Fsp3) is 0.429. The fourth-order valence-electron chi connectivity index (χ4n) is 1.84. The lowest BCUT2D eigenvalue weighted by atomic mass is 10.1. The minimum absolute atomic E-state index is 0.0237. The summed E-state index contributed by atoms with van der Waals surface area (Å²) in [6, 6.07) is 4.10. The topological polar surface area (TPSA) is 87.1 Å². The van der Waals surface area contributed by atoms with E-state index in [9.17, 15) is 14.7 Å². The van der Waals surface area contributed by atoms with Gasteiger partial charge in [0.1, 0.15) is 5.75 Å². The third-order valence-corrected chi connectivity index (χ3v) is 2.61. The summed E-state index contributed by atoms with van der Waals surface area (Å²) in [6.07, 6.45) is 0. The van der Waals surface area contributed by atoms with Crippen LogP contribution in [0.3, 0.4) is 0 Å². The molecule has 6 heteroatoms. The highest BCUT2D eigenvalue weighted by molar-refractivity contribution is 5.98. The summed E-state index contributed by atoms with van der Waals surface area (Å²) in [5.74, 6) is -1.22. The first kappa shape index (κ1) is 16.0. The molecule has 1 aromatic rings. The van der Waals surface area contributed by atoms with Crippen LogP contribution in [0.5, 0.6) is 5.75 Å². The van der Waals surface area contributed by atoms with Crippen LogP contribution in [0.4, 0.5) is 0 Å². The molecule has 0 heterocycles. The van der Waals surface area contributed by atoms with Gasteiger partial charge in [0.05, 0.1) is 18.3 Å². The van der Waals surface area contributed by atoms with Crippen molar-refractivity contribution < 1.29 is 24.5 Å². The predicted octanol–water partition coefficient (Wildman–Crippen LogP) is 1.24. The van der Waals surface area contributed by atoms with E-state index in [0.717, 1.165) is 0 Å². The van der Waals surface area contributed by atoms with Gasteiger partial charge in [0.2, 0.25) is 0 Å². The lowest BCUT2D eigenvalue weighted by Crippen LogP contribution is -2.39. The Hall–Kier alpha value is -2.08. The molecule has 2 N–H and O–H groups in total. The molecule has 0 fully saturated rings. The van der Waals surface area contributed by atoms with Crippen molar-refractivity contribution in [1.29, 1.82) is 0 Å². The Kier molecular flexibility index (Phi) is 4.73. The van der Waals surface area contributed by atoms with E-state index < -0.39 is 11.6 Å². The number of carboxylic acids is 1. The zero-order chi connectivity index (χ0) is 15.5. The molecular formula is C14H19NO5. The van der Waals surface area contributed by atoms with E-state index in [1.165, 1.54) is 30.2 Å². The van der Waals surface area contributed by atoms with E-state index in [4.69, 9.17) is 9.84 Å². The van der Waals surface area contributed by atoms with E-state index in [2.05, 4.69) is 0 Å². The molecule has 0 saturated heterocycles. The zero-order valence-corrected chi connectivity index (χ0v) is 12.0. The van der Waals surface area contributed by atoms with Gasteiger partial charge in [0.15, 0.2) is 0 Å². The molecule has 0 aromatic heterocycles. The Morgan fingerprint density at radius 2 is 1.80 bits per heavy atom. The first-order chi connectivity index (χ1) is 9.14. The van der Waals surface area contributed by atoms with E-state index in [-0.39, 0.29) is 23.6 Å². The molecular weight excluding hydrogens is 262 g/mol. The number of ether oxygens (including phenoxy) is 1. The fourth-order valence-corrected chi connectivity index (χ4v) is 1.84. The summed E-state index contributed by atoms with van der Waals surface area (Å²) in [4.78, 5) is 24.6. The summed E-state index contributed by atoms with van der Waals surface area (Å²) in [5.41, 5.74) is -0.850. The van der Waals surface area contributed by atoms with Crippen molar-refractivity contribution >= 4 is 11.9 Å². The predicted molar refractivity (Wildman–Crippen MR) is 73.2 cm³/mol. The summed E-state index contributed by atoms with van der Waals surface area (Å²) >= 11 is 0. The molecule has 1 aromatic carbocycles. The van der Waals surface area contributed by atoms with Gasteiger partial charge in [0, 0.05) is 19.2 Å². The van der Waals surface area contributed by atoms with Crippen molar-refractivity contribution in [3.8, 4) is 5.75 Å². The molecule has 0 aliphatic carbocycles. The molecule has 0 saturated carbocycles. The van der Waals surface area contributed by atoms with Gasteiger partial charge < -0.3 is 19.8 Å². The summed E-state index contributed by atoms with van der Waals surface area (Å²) in [5, 5.41) is 18.7. The average molecular weight is 281 g/mol. The first-order valence-electron chi connectivity index (χ1n) is 6.04. The van der Waals surface area contributed by atoms with Crippen LogP contribution in [-0.2, 0) is 0 Å². The Labute approximate surface area is 117 Å². The lowest BCUT2D eigenvalue weighted by Gasteiger charge is -2.25. The highest BCUT2D eigenvalue weighted by atomic mass is 16.5. The number of hydrogen-bond donors (Lipinski definition) is 2. The van der Waals surface area contributed by atoms with Crippen LogP contribution in [0.1, 0.15) is 34.6 Å². The molecule has 0 unspecified atom stereocenters. The van der Waals surface area contributed by atoms with E-state index in [0.29, 0.717) is 5.75 Å². The maximum absolute atomic E-state index is 12.2. The standard InChI is InChI=1S/C14H19NO5/c1-14(2,19)8-15(3)12(16)9-5-10(13(17)18)7-11(6-9)20-4/h5-7,19H,8H2,1-4H3,(H,17,18). The van der Waals surface area contributed by atoms with Crippen LogP contribution in [0.2, 0.25) is 0 Å². The van der Waals surface area contributed by atoms with E-state index in [1.54, 1.807) is 20.9 Å². The normalized spacial score (nSPS) is 11.1. The molecule has 0 aliphatic rings. The van der Waals surface area contributed by atoms with Crippen LogP contribution in [0, 0.1) is 0 Å². The summed E-state index contributed by atoms with van der Waals surface area (Å²) in [7, 11) is 2.94. The summed E-state index contributed by atoms with van der Waals surface area (Å²) < 4.78 is 4.99. The van der Waals surface area contributed by atoms with Crippen molar-refractivity contribution in [2.75, 3.05) is 20.7 Å². The van der Waals surface area contributed by atoms with E-state index in [1.807, 2.05) is 0 Å². The molecule has 110 valence electrons. The number of amides is 1. The van der Waals surface area contributed by atoms with Crippen molar-refractivity contribution in [3.05, 3.63) is 29.3 Å². The van der Waals surface area contributed by atoms with Crippen molar-refractivity contribution in [3.63, 3.8) is 0 Å². The summed E-state index contributed by atoms with van der Waals surface area (Å²) in [6.45, 7) is 3.31. The molecule has 0 radical (unpaired) electrons. The van der Waals surface area contributed by atoms with Gasteiger partial charge in [-0.15, -0.1) is 0 Å². The highest BCUT2D eigenvalue weighted by Gasteiger charge is 2.21. The number of benzene rings is 1. The smallest absolute Gasteiger partial charge is 0.335 e. The number of likely N-dealkylation sites (N-methyl/N-ethyl adjacent to an activating group) is 1. The molecule has 0 bridgehead atoms. The van der Waals surface area contributed by atoms with Gasteiger partial charge in [-0.3, -0.25) is 4.79 Å². The maximum Gasteiger partial charge on any atom is 0.335 e. The molecule has 6 nitrogen and oxygen atoms in total. The van der Waals surface area contributed by atoms with Crippen molar-refractivity contribution in [2.24, 2.45) is 0 Å². The molecule has 20 heavy (non-hydrogen) atoms. The third-order valence-electron chi connectivity index (χ3n) is 2.61. The quantitative estimate of drug-likeness (QED) is 0.847. The minimum atomic E-state index is -1.14. The van der Waals surface area contributed by atoms with Crippen molar-refractivity contribution in [2.45, 2.75) is 19.4 Å². The van der Waals surface area contributed by atoms with Gasteiger partial charge in [-0.1, -0.05) is 0 Å². The van der Waals surface area contributed by atoms with E-state index >= 15 is 0 Å². The van der Waals surface area contributed by atoms with Gasteiger partial charge >= 0.3 is 5.97 Å². The zero-order valence-electron chi connectivity index (χ0n) is 12.0. The van der Waals surface area contributed by atoms with Crippen LogP contribution in [0.25, 0.3) is 0 Å². The first-order valence-corrected chi connectivity index (χ1v) is 6.04. The number of carboxylic acid groups (broad SMARTS) is 1. The largest absolute Gasteiger partial charge is 0.497 e. The number of aliphatic hydroxyl groups is 1. The number of nitrogens with zero attached hydrogens (tertiary/aromatic N) is 1. The number of methoxy groups -OCH3 is 1.